The molecule has 2 bridgehead atoms. The molecule has 6 rings (SSSR count). The minimum atomic E-state index is -0.283. The first kappa shape index (κ1) is 23.2. The van der Waals surface area contributed by atoms with E-state index >= 15 is 0 Å². The molecular formula is C30H32N2O4. The number of nitrogens with zero attached hydrogens (tertiary/aromatic N) is 2. The lowest BCUT2D eigenvalue weighted by molar-refractivity contribution is -0.132. The van der Waals surface area contributed by atoms with Gasteiger partial charge >= 0.3 is 5.97 Å². The standard InChI is InChI=1S/C30H32N2O4/c1-20(33)36-24-10-7-22-18-27-25-4-2-3-14-30(25,26(22)19-24)15-17-31(27)16-13-21-5-8-23(9-6-21)32-28(34)11-12-29(32)35/h5-12,19,25,27H,2-4,13-18H2,1H3/t25-,27+,30+/m0/s1. The maximum absolute atomic E-state index is 12.0. The number of hydrogen-bond donors (Lipinski definition) is 0. The van der Waals surface area contributed by atoms with Crippen LogP contribution in [0.1, 0.15) is 55.7 Å². The van der Waals surface area contributed by atoms with Crippen molar-refractivity contribution in [2.45, 2.75) is 63.3 Å². The van der Waals surface area contributed by atoms with Gasteiger partial charge in [0, 0.05) is 37.1 Å². The number of fused-ring (bicyclic) bond motifs is 1. The summed E-state index contributed by atoms with van der Waals surface area (Å²) < 4.78 is 5.46. The number of benzene rings is 2. The van der Waals surface area contributed by atoms with Crippen molar-refractivity contribution in [3.63, 3.8) is 0 Å². The summed E-state index contributed by atoms with van der Waals surface area (Å²) in [7, 11) is 0. The predicted octanol–water partition coefficient (Wildman–Crippen LogP) is 4.34. The third kappa shape index (κ3) is 3.88. The van der Waals surface area contributed by atoms with Crippen molar-refractivity contribution in [1.82, 2.24) is 4.90 Å². The Bertz CT molecular complexity index is 1230. The molecule has 2 aromatic rings. The summed E-state index contributed by atoms with van der Waals surface area (Å²) in [6, 6.07) is 14.7. The minimum Gasteiger partial charge on any atom is -0.427 e. The highest BCUT2D eigenvalue weighted by atomic mass is 16.5. The molecule has 0 radical (unpaired) electrons. The molecule has 2 aliphatic carbocycles. The fourth-order valence-corrected chi connectivity index (χ4v) is 7.31. The highest BCUT2D eigenvalue weighted by molar-refractivity contribution is 6.28. The monoisotopic (exact) mass is 484 g/mol. The molecular weight excluding hydrogens is 452 g/mol. The summed E-state index contributed by atoms with van der Waals surface area (Å²) in [5.41, 5.74) is 4.89. The van der Waals surface area contributed by atoms with Gasteiger partial charge in [-0.05, 0) is 85.5 Å². The van der Waals surface area contributed by atoms with Crippen molar-refractivity contribution >= 4 is 23.5 Å². The van der Waals surface area contributed by atoms with Crippen LogP contribution in [0.25, 0.3) is 0 Å². The normalized spacial score (nSPS) is 27.1. The summed E-state index contributed by atoms with van der Waals surface area (Å²) in [5.74, 6) is 0.489. The van der Waals surface area contributed by atoms with E-state index in [0.717, 1.165) is 32.4 Å². The van der Waals surface area contributed by atoms with Crippen LogP contribution in [0, 0.1) is 5.92 Å². The molecule has 1 saturated carbocycles. The number of carbonyl (C=O) groups is 3. The number of likely N-dealkylation sites (tertiary alicyclic amines) is 1. The summed E-state index contributed by atoms with van der Waals surface area (Å²) in [6.45, 7) is 3.55. The van der Waals surface area contributed by atoms with Gasteiger partial charge < -0.3 is 4.74 Å². The molecule has 2 aromatic carbocycles. The van der Waals surface area contributed by atoms with Crippen molar-refractivity contribution in [3.05, 3.63) is 71.3 Å². The molecule has 4 aliphatic rings. The molecule has 0 spiro atoms. The second-order valence-electron chi connectivity index (χ2n) is 10.7. The Balaban J connectivity index is 1.19. The van der Waals surface area contributed by atoms with Gasteiger partial charge in [0.1, 0.15) is 5.75 Å². The molecule has 186 valence electrons. The molecule has 2 amide bonds. The molecule has 6 heteroatoms. The third-order valence-electron chi connectivity index (χ3n) is 8.88. The fourth-order valence-electron chi connectivity index (χ4n) is 7.31. The van der Waals surface area contributed by atoms with Crippen LogP contribution < -0.4 is 9.64 Å². The number of rotatable bonds is 5. The van der Waals surface area contributed by atoms with E-state index in [9.17, 15) is 14.4 Å². The van der Waals surface area contributed by atoms with E-state index in [1.807, 2.05) is 30.3 Å². The second-order valence-corrected chi connectivity index (χ2v) is 10.7. The van der Waals surface area contributed by atoms with E-state index in [1.165, 1.54) is 66.3 Å². The van der Waals surface area contributed by atoms with Crippen molar-refractivity contribution in [2.24, 2.45) is 5.92 Å². The Kier molecular flexibility index (Phi) is 5.79. The second kappa shape index (κ2) is 9.00. The number of esters is 1. The van der Waals surface area contributed by atoms with Crippen molar-refractivity contribution < 1.29 is 19.1 Å². The van der Waals surface area contributed by atoms with Gasteiger partial charge in [0.15, 0.2) is 0 Å². The van der Waals surface area contributed by atoms with Crippen LogP contribution >= 0.6 is 0 Å². The van der Waals surface area contributed by atoms with E-state index in [1.54, 1.807) is 0 Å². The maximum atomic E-state index is 12.0. The van der Waals surface area contributed by atoms with E-state index in [-0.39, 0.29) is 23.2 Å². The topological polar surface area (TPSA) is 66.9 Å². The lowest BCUT2D eigenvalue weighted by Gasteiger charge is -2.59. The molecule has 0 unspecified atom stereocenters. The molecule has 3 atom stereocenters. The Morgan fingerprint density at radius 3 is 2.56 bits per heavy atom. The van der Waals surface area contributed by atoms with Crippen LogP contribution in [0.4, 0.5) is 5.69 Å². The van der Waals surface area contributed by atoms with Gasteiger partial charge in [-0.15, -0.1) is 0 Å². The van der Waals surface area contributed by atoms with E-state index in [4.69, 9.17) is 4.74 Å². The molecule has 6 nitrogen and oxygen atoms in total. The first-order chi connectivity index (χ1) is 17.4. The van der Waals surface area contributed by atoms with E-state index in [2.05, 4.69) is 17.0 Å². The zero-order valence-electron chi connectivity index (χ0n) is 20.7. The summed E-state index contributed by atoms with van der Waals surface area (Å²) >= 11 is 0. The largest absolute Gasteiger partial charge is 0.427 e. The smallest absolute Gasteiger partial charge is 0.308 e. The number of amides is 2. The Labute approximate surface area is 211 Å². The molecule has 0 N–H and O–H groups in total. The first-order valence-electron chi connectivity index (χ1n) is 13.2. The first-order valence-corrected chi connectivity index (χ1v) is 13.2. The van der Waals surface area contributed by atoms with Crippen LogP contribution in [0.2, 0.25) is 0 Å². The lowest BCUT2D eigenvalue weighted by Crippen LogP contribution is -2.61. The highest BCUT2D eigenvalue weighted by Crippen LogP contribution is 2.56. The number of hydrogen-bond acceptors (Lipinski definition) is 5. The average molecular weight is 485 g/mol. The van der Waals surface area contributed by atoms with E-state index < -0.39 is 0 Å². The van der Waals surface area contributed by atoms with Crippen molar-refractivity contribution in [1.29, 1.82) is 0 Å². The van der Waals surface area contributed by atoms with Gasteiger partial charge in [-0.25, -0.2) is 4.90 Å². The van der Waals surface area contributed by atoms with Crippen LogP contribution in [0.5, 0.6) is 5.75 Å². The summed E-state index contributed by atoms with van der Waals surface area (Å²) in [5, 5.41) is 0. The lowest BCUT2D eigenvalue weighted by atomic mass is 9.52. The number of anilines is 1. The quantitative estimate of drug-likeness (QED) is 0.359. The minimum absolute atomic E-state index is 0.202. The highest BCUT2D eigenvalue weighted by Gasteiger charge is 2.53. The van der Waals surface area contributed by atoms with Gasteiger partial charge in [0.25, 0.3) is 11.8 Å². The zero-order chi connectivity index (χ0) is 24.9. The molecule has 1 saturated heterocycles. The Hall–Kier alpha value is -3.25. The Morgan fingerprint density at radius 1 is 1.03 bits per heavy atom. The van der Waals surface area contributed by atoms with Gasteiger partial charge in [-0.2, -0.15) is 0 Å². The SMILES string of the molecule is CC(=O)Oc1ccc2c(c1)[C@@]13CCCC[C@H]1[C@@H](C2)N(CCc1ccc(N2C(=O)C=CC2=O)cc1)CC3. The van der Waals surface area contributed by atoms with Crippen LogP contribution in [0.3, 0.4) is 0 Å². The fraction of sp³-hybridized carbons (Fsp3) is 0.433. The third-order valence-corrected chi connectivity index (χ3v) is 8.88. The number of piperidine rings is 1. The van der Waals surface area contributed by atoms with Crippen LogP contribution in [-0.2, 0) is 32.6 Å². The predicted molar refractivity (Wildman–Crippen MR) is 137 cm³/mol. The van der Waals surface area contributed by atoms with Gasteiger partial charge in [0.2, 0.25) is 0 Å². The van der Waals surface area contributed by atoms with Crippen LogP contribution in [-0.4, -0.2) is 41.8 Å². The summed E-state index contributed by atoms with van der Waals surface area (Å²) in [4.78, 5) is 39.4. The molecule has 0 aromatic heterocycles. The average Bonchev–Trinajstić information content (AvgIpc) is 3.21. The van der Waals surface area contributed by atoms with E-state index in [0.29, 0.717) is 23.4 Å². The van der Waals surface area contributed by atoms with Crippen molar-refractivity contribution in [3.8, 4) is 5.75 Å². The number of ether oxygens (including phenoxy) is 1. The maximum Gasteiger partial charge on any atom is 0.308 e. The molecule has 36 heavy (non-hydrogen) atoms. The zero-order valence-corrected chi connectivity index (χ0v) is 20.7. The number of imide groups is 1. The van der Waals surface area contributed by atoms with Crippen LogP contribution in [0.15, 0.2) is 54.6 Å². The van der Waals surface area contributed by atoms with Gasteiger partial charge in [-0.1, -0.05) is 31.0 Å². The summed E-state index contributed by atoms with van der Waals surface area (Å²) in [6.07, 6.45) is 10.8. The van der Waals surface area contributed by atoms with Gasteiger partial charge in [-0.3, -0.25) is 19.3 Å². The number of carbonyl (C=O) groups excluding carboxylic acids is 3. The molecule has 2 fully saturated rings. The molecule has 2 heterocycles. The molecule has 2 aliphatic heterocycles. The Morgan fingerprint density at radius 2 is 1.81 bits per heavy atom. The van der Waals surface area contributed by atoms with Crippen molar-refractivity contribution in [2.75, 3.05) is 18.0 Å². The van der Waals surface area contributed by atoms with Gasteiger partial charge in [0.05, 0.1) is 5.69 Å².